The number of hydrogen-bond acceptors (Lipinski definition) is 3. The lowest BCUT2D eigenvalue weighted by Gasteiger charge is -2.45. The predicted molar refractivity (Wildman–Crippen MR) is 87.6 cm³/mol. The second-order valence-corrected chi connectivity index (χ2v) is 7.31. The molecule has 2 atom stereocenters. The van der Waals surface area contributed by atoms with E-state index in [2.05, 4.69) is 12.2 Å². The van der Waals surface area contributed by atoms with Crippen LogP contribution in [-0.4, -0.2) is 36.0 Å². The molecule has 21 heavy (non-hydrogen) atoms. The maximum absolute atomic E-state index is 10.8. The first-order chi connectivity index (χ1) is 10.2. The molecule has 2 fully saturated rings. The van der Waals surface area contributed by atoms with Gasteiger partial charge >= 0.3 is 0 Å². The number of hydrogen-bond donors (Lipinski definition) is 2. The van der Waals surface area contributed by atoms with Crippen LogP contribution < -0.4 is 5.32 Å². The minimum atomic E-state index is -0.425. The average Bonchev–Trinajstić information content (AvgIpc) is 2.45. The van der Waals surface area contributed by atoms with Crippen LogP contribution >= 0.6 is 0 Å². The largest absolute Gasteiger partial charge is 0.390 e. The van der Waals surface area contributed by atoms with Gasteiger partial charge in [0, 0.05) is 12.1 Å². The Kier molecular flexibility index (Phi) is 7.48. The van der Waals surface area contributed by atoms with E-state index < -0.39 is 5.60 Å². The first kappa shape index (κ1) is 17.2. The minimum absolute atomic E-state index is 0.376. The fourth-order valence-corrected chi connectivity index (χ4v) is 3.99. The van der Waals surface area contributed by atoms with Crippen molar-refractivity contribution in [3.63, 3.8) is 0 Å². The van der Waals surface area contributed by atoms with Crippen molar-refractivity contribution < 1.29 is 9.84 Å². The standard InChI is InChI=1S/C18H35NO2/c1-2-3-4-5-6-7-8-9-10-11-18(20)12-16-14-21-15-17(13-18)19-16/h16-17,19-20H,2-15H2,1H3. The zero-order valence-electron chi connectivity index (χ0n) is 13.9. The molecule has 2 N–H and O–H groups in total. The lowest BCUT2D eigenvalue weighted by molar-refractivity contribution is -0.0808. The van der Waals surface area contributed by atoms with Crippen LogP contribution in [0.1, 0.15) is 84.0 Å². The van der Waals surface area contributed by atoms with Crippen LogP contribution in [0.2, 0.25) is 0 Å². The third-order valence-corrected chi connectivity index (χ3v) is 5.11. The summed E-state index contributed by atoms with van der Waals surface area (Å²) in [5, 5.41) is 14.3. The van der Waals surface area contributed by atoms with E-state index >= 15 is 0 Å². The second-order valence-electron chi connectivity index (χ2n) is 7.31. The van der Waals surface area contributed by atoms with E-state index in [0.717, 1.165) is 32.5 Å². The van der Waals surface area contributed by atoms with Crippen molar-refractivity contribution in [3.05, 3.63) is 0 Å². The van der Waals surface area contributed by atoms with E-state index in [9.17, 15) is 5.11 Å². The lowest BCUT2D eigenvalue weighted by Crippen LogP contribution is -2.59. The first-order valence-electron chi connectivity index (χ1n) is 9.28. The molecule has 0 amide bonds. The Balaban J connectivity index is 1.50. The monoisotopic (exact) mass is 297 g/mol. The van der Waals surface area contributed by atoms with Gasteiger partial charge in [0.05, 0.1) is 18.8 Å². The Labute approximate surface area is 130 Å². The average molecular weight is 297 g/mol. The van der Waals surface area contributed by atoms with Gasteiger partial charge in [0.25, 0.3) is 0 Å². The maximum atomic E-state index is 10.8. The number of unbranched alkanes of at least 4 members (excludes halogenated alkanes) is 8. The van der Waals surface area contributed by atoms with Crippen LogP contribution in [0.15, 0.2) is 0 Å². The highest BCUT2D eigenvalue weighted by molar-refractivity contribution is 4.97. The summed E-state index contributed by atoms with van der Waals surface area (Å²) in [6.45, 7) is 3.82. The van der Waals surface area contributed by atoms with Crippen molar-refractivity contribution in [2.75, 3.05) is 13.2 Å². The predicted octanol–water partition coefficient (Wildman–Crippen LogP) is 3.79. The van der Waals surface area contributed by atoms with Gasteiger partial charge in [0.1, 0.15) is 0 Å². The molecule has 0 aliphatic carbocycles. The van der Waals surface area contributed by atoms with Crippen LogP contribution in [0, 0.1) is 0 Å². The summed E-state index contributed by atoms with van der Waals surface area (Å²) < 4.78 is 5.55. The van der Waals surface area contributed by atoms with Gasteiger partial charge in [0.15, 0.2) is 0 Å². The molecular weight excluding hydrogens is 262 g/mol. The Bertz CT molecular complexity index is 270. The lowest BCUT2D eigenvalue weighted by atomic mass is 9.79. The Morgan fingerprint density at radius 2 is 1.43 bits per heavy atom. The normalized spacial score (nSPS) is 32.3. The number of fused-ring (bicyclic) bond motifs is 2. The van der Waals surface area contributed by atoms with Crippen molar-refractivity contribution in [1.29, 1.82) is 0 Å². The van der Waals surface area contributed by atoms with Gasteiger partial charge in [-0.3, -0.25) is 0 Å². The molecule has 0 aromatic rings. The van der Waals surface area contributed by atoms with Gasteiger partial charge in [-0.25, -0.2) is 0 Å². The summed E-state index contributed by atoms with van der Waals surface area (Å²) in [6.07, 6.45) is 14.9. The van der Waals surface area contributed by atoms with E-state index in [1.807, 2.05) is 0 Å². The molecule has 3 nitrogen and oxygen atoms in total. The molecule has 124 valence electrons. The topological polar surface area (TPSA) is 41.5 Å². The van der Waals surface area contributed by atoms with E-state index in [0.29, 0.717) is 12.1 Å². The SMILES string of the molecule is CCCCCCCCCCCC1(O)CC2COCC(C1)N2. The van der Waals surface area contributed by atoms with Gasteiger partial charge in [-0.2, -0.15) is 0 Å². The molecule has 2 rings (SSSR count). The quantitative estimate of drug-likeness (QED) is 0.603. The zero-order chi connectivity index (χ0) is 15.0. The molecular formula is C18H35NO2. The Morgan fingerprint density at radius 3 is 2.00 bits per heavy atom. The van der Waals surface area contributed by atoms with Gasteiger partial charge < -0.3 is 15.2 Å². The van der Waals surface area contributed by atoms with E-state index in [4.69, 9.17) is 4.74 Å². The highest BCUT2D eigenvalue weighted by Crippen LogP contribution is 2.32. The van der Waals surface area contributed by atoms with E-state index in [1.54, 1.807) is 0 Å². The van der Waals surface area contributed by atoms with Crippen LogP contribution in [0.3, 0.4) is 0 Å². The van der Waals surface area contributed by atoms with Crippen LogP contribution in [0.4, 0.5) is 0 Å². The number of piperidine rings is 1. The maximum Gasteiger partial charge on any atom is 0.0679 e. The fraction of sp³-hybridized carbons (Fsp3) is 1.00. The molecule has 2 aliphatic rings. The summed E-state index contributed by atoms with van der Waals surface area (Å²) in [6, 6.07) is 0.752. The summed E-state index contributed by atoms with van der Waals surface area (Å²) in [5.41, 5.74) is -0.425. The fourth-order valence-electron chi connectivity index (χ4n) is 3.99. The molecule has 0 spiro atoms. The third kappa shape index (κ3) is 6.25. The van der Waals surface area contributed by atoms with Crippen molar-refractivity contribution >= 4 is 0 Å². The van der Waals surface area contributed by atoms with Crippen LogP contribution in [0.25, 0.3) is 0 Å². The molecule has 0 radical (unpaired) electrons. The molecule has 3 heteroatoms. The van der Waals surface area contributed by atoms with Crippen LogP contribution in [0.5, 0.6) is 0 Å². The molecule has 0 aromatic heterocycles. The van der Waals surface area contributed by atoms with Gasteiger partial charge in [-0.1, -0.05) is 64.7 Å². The van der Waals surface area contributed by atoms with Crippen LogP contribution in [-0.2, 0) is 4.74 Å². The van der Waals surface area contributed by atoms with E-state index in [1.165, 1.54) is 57.8 Å². The summed E-state index contributed by atoms with van der Waals surface area (Å²) >= 11 is 0. The van der Waals surface area contributed by atoms with Crippen molar-refractivity contribution in [2.24, 2.45) is 0 Å². The van der Waals surface area contributed by atoms with Gasteiger partial charge in [-0.05, 0) is 19.3 Å². The highest BCUT2D eigenvalue weighted by atomic mass is 16.5. The molecule has 2 heterocycles. The Hall–Kier alpha value is -0.120. The smallest absolute Gasteiger partial charge is 0.0679 e. The van der Waals surface area contributed by atoms with Gasteiger partial charge in [0.2, 0.25) is 0 Å². The van der Waals surface area contributed by atoms with Crippen molar-refractivity contribution in [3.8, 4) is 0 Å². The highest BCUT2D eigenvalue weighted by Gasteiger charge is 2.40. The number of morpholine rings is 1. The Morgan fingerprint density at radius 1 is 0.905 bits per heavy atom. The zero-order valence-corrected chi connectivity index (χ0v) is 13.9. The molecule has 2 unspecified atom stereocenters. The van der Waals surface area contributed by atoms with Crippen molar-refractivity contribution in [1.82, 2.24) is 5.32 Å². The molecule has 2 bridgehead atoms. The summed E-state index contributed by atoms with van der Waals surface area (Å²) in [7, 11) is 0. The molecule has 0 saturated carbocycles. The number of nitrogens with one attached hydrogen (secondary N) is 1. The number of rotatable bonds is 10. The molecule has 2 aliphatic heterocycles. The first-order valence-corrected chi connectivity index (χ1v) is 9.28. The molecule has 0 aromatic carbocycles. The van der Waals surface area contributed by atoms with Gasteiger partial charge in [-0.15, -0.1) is 0 Å². The van der Waals surface area contributed by atoms with Crippen molar-refractivity contribution in [2.45, 2.75) is 102 Å². The third-order valence-electron chi connectivity index (χ3n) is 5.11. The minimum Gasteiger partial charge on any atom is -0.390 e. The molecule has 2 saturated heterocycles. The summed E-state index contributed by atoms with van der Waals surface area (Å²) in [4.78, 5) is 0. The van der Waals surface area contributed by atoms with E-state index in [-0.39, 0.29) is 0 Å². The second kappa shape index (κ2) is 9.12. The number of aliphatic hydroxyl groups is 1. The summed E-state index contributed by atoms with van der Waals surface area (Å²) in [5.74, 6) is 0. The number of ether oxygens (including phenoxy) is 1.